The highest BCUT2D eigenvalue weighted by atomic mass is 16.5. The number of fused-ring (bicyclic) bond motifs is 8. The molecule has 0 radical (unpaired) electrons. The third-order valence-corrected chi connectivity index (χ3v) is 25.4. The first kappa shape index (κ1) is 79.9. The summed E-state index contributed by atoms with van der Waals surface area (Å²) in [6.45, 7) is 24.2. The van der Waals surface area contributed by atoms with Gasteiger partial charge in [-0.05, 0) is 98.9 Å². The van der Waals surface area contributed by atoms with Gasteiger partial charge in [0.25, 0.3) is 0 Å². The van der Waals surface area contributed by atoms with Gasteiger partial charge in [0.15, 0.2) is 0 Å². The van der Waals surface area contributed by atoms with Crippen LogP contribution in [0.3, 0.4) is 0 Å². The molecule has 26 heteroatoms. The fourth-order valence-corrected chi connectivity index (χ4v) is 18.9. The van der Waals surface area contributed by atoms with Crippen LogP contribution in [0.1, 0.15) is 159 Å². The van der Waals surface area contributed by atoms with Gasteiger partial charge in [0.1, 0.15) is 11.5 Å². The predicted molar refractivity (Wildman–Crippen MR) is 455 cm³/mol. The summed E-state index contributed by atoms with van der Waals surface area (Å²) in [5, 5.41) is 29.1. The summed E-state index contributed by atoms with van der Waals surface area (Å²) in [5.74, 6) is 2.00. The monoisotopic (exact) mass is 1600 g/mol. The molecule has 8 aliphatic rings. The van der Waals surface area contributed by atoms with E-state index >= 15 is 0 Å². The van der Waals surface area contributed by atoms with Gasteiger partial charge >= 0.3 is 0 Å². The average molecular weight is 1610 g/mol. The highest BCUT2D eigenvalue weighted by Gasteiger charge is 2.37. The van der Waals surface area contributed by atoms with Crippen LogP contribution in [0.15, 0.2) is 129 Å². The summed E-state index contributed by atoms with van der Waals surface area (Å²) in [6, 6.07) is 26.2. The van der Waals surface area contributed by atoms with Gasteiger partial charge in [-0.15, -0.1) is 0 Å². The number of carbonyl (C=O) groups is 4. The number of carbonyl (C=O) groups excluding carboxylic acids is 4. The Morgan fingerprint density at radius 1 is 0.370 bits per heavy atom. The number of methoxy groups -OCH3 is 2. The Hall–Kier alpha value is -11.6. The van der Waals surface area contributed by atoms with Crippen LogP contribution >= 0.6 is 0 Å². The van der Waals surface area contributed by atoms with Crippen molar-refractivity contribution in [2.45, 2.75) is 162 Å². The first-order valence-corrected chi connectivity index (χ1v) is 42.0. The zero-order chi connectivity index (χ0) is 82.0. The van der Waals surface area contributed by atoms with Crippen molar-refractivity contribution in [2.75, 3.05) is 93.3 Å². The van der Waals surface area contributed by atoms with Crippen LogP contribution in [-0.2, 0) is 90.0 Å². The zero-order valence-corrected chi connectivity index (χ0v) is 69.2. The van der Waals surface area contributed by atoms with E-state index in [9.17, 15) is 19.2 Å². The van der Waals surface area contributed by atoms with Gasteiger partial charge in [0, 0.05) is 307 Å². The van der Waals surface area contributed by atoms with E-state index in [0.29, 0.717) is 50.3 Å². The topological polar surface area (TPSA) is 259 Å². The minimum atomic E-state index is 0.103. The van der Waals surface area contributed by atoms with Gasteiger partial charge in [-0.2, -0.15) is 20.4 Å². The van der Waals surface area contributed by atoms with E-state index in [1.807, 2.05) is 87.1 Å². The molecule has 616 valence electrons. The fourth-order valence-electron chi connectivity index (χ4n) is 18.9. The molecular weight excluding hydrogens is 1500 g/mol. The predicted octanol–water partition coefficient (Wildman–Crippen LogP) is 14.4. The Labute approximate surface area is 692 Å². The van der Waals surface area contributed by atoms with Crippen LogP contribution in [-0.4, -0.2) is 196 Å². The molecule has 0 saturated carbocycles. The number of nitrogens with zero attached hydrogens (tertiary/aromatic N) is 16. The molecule has 20 rings (SSSR count). The van der Waals surface area contributed by atoms with Gasteiger partial charge in [0.2, 0.25) is 23.6 Å². The summed E-state index contributed by atoms with van der Waals surface area (Å²) in [5.41, 5.74) is 20.0. The fraction of sp³-hybridized carbons (Fsp3) is 0.419. The molecule has 4 aromatic carbocycles. The molecular formula is C93H104N16O10. The van der Waals surface area contributed by atoms with Crippen LogP contribution < -0.4 is 9.47 Å². The molecule has 0 atom stereocenters. The van der Waals surface area contributed by atoms with Crippen molar-refractivity contribution in [3.8, 4) is 56.5 Å². The maximum absolute atomic E-state index is 12.1. The number of rotatable bonds is 11. The van der Waals surface area contributed by atoms with Crippen LogP contribution in [0.2, 0.25) is 0 Å². The number of amides is 4. The summed E-state index contributed by atoms with van der Waals surface area (Å²) < 4.78 is 42.3. The molecule has 0 aliphatic carbocycles. The first-order chi connectivity index (χ1) is 58.1. The molecule has 8 aromatic heterocycles. The molecule has 16 heterocycles. The van der Waals surface area contributed by atoms with Crippen LogP contribution in [0.25, 0.3) is 94.2 Å². The third-order valence-electron chi connectivity index (χ3n) is 25.4. The molecule has 4 fully saturated rings. The quantitative estimate of drug-likeness (QED) is 0.116. The summed E-state index contributed by atoms with van der Waals surface area (Å²) in [6.07, 6.45) is 27.7. The molecule has 0 unspecified atom stereocenters. The van der Waals surface area contributed by atoms with Crippen LogP contribution in [0.4, 0.5) is 0 Å². The van der Waals surface area contributed by atoms with Gasteiger partial charge in [-0.3, -0.25) is 57.8 Å². The average Bonchev–Trinajstić information content (AvgIpc) is 1.64. The van der Waals surface area contributed by atoms with Gasteiger partial charge in [-0.25, -0.2) is 0 Å². The molecule has 4 saturated heterocycles. The molecule has 12 aromatic rings. The van der Waals surface area contributed by atoms with Crippen molar-refractivity contribution in [1.29, 1.82) is 0 Å². The van der Waals surface area contributed by atoms with Gasteiger partial charge in [0.05, 0.1) is 67.4 Å². The smallest absolute Gasteiger partial charge is 0.219 e. The number of aryl methyl sites for hydroxylation is 1. The number of aromatic nitrogens is 12. The Kier molecular flexibility index (Phi) is 23.6. The number of hydrogen-bond acceptors (Lipinski definition) is 18. The van der Waals surface area contributed by atoms with Crippen molar-refractivity contribution < 1.29 is 47.6 Å². The second-order valence-corrected chi connectivity index (χ2v) is 32.2. The minimum Gasteiger partial charge on any atom is -0.496 e. The largest absolute Gasteiger partial charge is 0.496 e. The van der Waals surface area contributed by atoms with E-state index in [-0.39, 0.29) is 23.6 Å². The molecule has 8 aliphatic heterocycles. The number of ether oxygens (including phenoxy) is 6. The SMILES string of the molecule is C=Cc1cncc2c(-c3nn(C4CCOCC4)c4c3CN(C(C)=O)CC4)cccc12.CC(=O)N1CCc2c(c(-c3ccc(C)c4ccncc34)nn2C2CCOCC2)C1.COc1ccc(-c2nn(C3CCOCC3)c3c2CN(C(C)=O)CC3)c2cnccc12.COc1cncc2c(-c3nn(C4CCOCC4)c4c3CN(C(C)=O)CC4)cccc12. The normalized spacial score (nSPS) is 17.3. The molecule has 119 heavy (non-hydrogen) atoms. The first-order valence-electron chi connectivity index (χ1n) is 42.0. The zero-order valence-electron chi connectivity index (χ0n) is 69.2. The Morgan fingerprint density at radius 3 is 1.06 bits per heavy atom. The lowest BCUT2D eigenvalue weighted by atomic mass is 9.95. The maximum Gasteiger partial charge on any atom is 0.219 e. The van der Waals surface area contributed by atoms with Crippen molar-refractivity contribution in [3.63, 3.8) is 0 Å². The van der Waals surface area contributed by atoms with Crippen molar-refractivity contribution >= 4 is 72.8 Å². The lowest BCUT2D eigenvalue weighted by molar-refractivity contribution is -0.130. The Morgan fingerprint density at radius 2 is 0.689 bits per heavy atom. The van der Waals surface area contributed by atoms with Crippen LogP contribution in [0.5, 0.6) is 11.5 Å². The summed E-state index contributed by atoms with van der Waals surface area (Å²) >= 11 is 0. The van der Waals surface area contributed by atoms with E-state index < -0.39 is 0 Å². The number of hydrogen-bond donors (Lipinski definition) is 0. The lowest BCUT2D eigenvalue weighted by Gasteiger charge is -2.29. The lowest BCUT2D eigenvalue weighted by Crippen LogP contribution is -2.35. The van der Waals surface area contributed by atoms with Gasteiger partial charge < -0.3 is 48.0 Å². The molecule has 26 nitrogen and oxygen atoms in total. The van der Waals surface area contributed by atoms with Crippen molar-refractivity contribution in [2.24, 2.45) is 0 Å². The standard InChI is InChI=1S/C24H26N4O2.2C23H26N4O3.C23H26N4O2/c1-3-17-13-25-14-21-19(17)5-4-6-20(21)24-22-15-27(16(2)29)10-7-23(22)28(26-24)18-8-11-30-12-9-18;1-15(28)26-10-6-21-20(14-26)23(25-27(21)16-7-11-30-12-8-16)18-3-4-22(29-2)17-5-9-24-13-19(17)18;1-15(28)26-9-6-21-20(14-26)23(25-27(21)16-7-10-30-11-8-16)18-5-3-4-17-19(18)12-24-13-22(17)29-2;1-15-3-4-19(20-13-24-9-5-18(15)20)23-21-14-26(16(2)28)10-6-22(21)27(25-23)17-7-11-29-12-8-17/h3-6,13-14,18H,1,7-12,15H2,2H3;3-5,9,13,16H,6-8,10-12,14H2,1-2H3;3-5,12-13,16H,6-11,14H2,1-2H3;3-5,9,13,17H,6-8,10-12,14H2,1-2H3. The summed E-state index contributed by atoms with van der Waals surface area (Å²) in [7, 11) is 3.34. The second-order valence-electron chi connectivity index (χ2n) is 32.2. The van der Waals surface area contributed by atoms with E-state index in [1.54, 1.807) is 54.3 Å². The summed E-state index contributed by atoms with van der Waals surface area (Å²) in [4.78, 5) is 73.7. The minimum absolute atomic E-state index is 0.103. The van der Waals surface area contributed by atoms with Crippen molar-refractivity contribution in [1.82, 2.24) is 78.7 Å². The van der Waals surface area contributed by atoms with E-state index in [0.717, 1.165) is 267 Å². The second kappa shape index (κ2) is 35.2. The third kappa shape index (κ3) is 15.9. The highest BCUT2D eigenvalue weighted by molar-refractivity contribution is 6.03. The molecule has 0 spiro atoms. The highest BCUT2D eigenvalue weighted by Crippen LogP contribution is 2.45. The molecule has 0 N–H and O–H groups in total. The Bertz CT molecular complexity index is 5690. The molecule has 4 amide bonds. The van der Waals surface area contributed by atoms with Crippen molar-refractivity contribution in [3.05, 3.63) is 185 Å². The van der Waals surface area contributed by atoms with E-state index in [2.05, 4.69) is 101 Å². The molecule has 0 bridgehead atoms. The number of pyridine rings is 4. The van der Waals surface area contributed by atoms with E-state index in [4.69, 9.17) is 48.8 Å². The maximum atomic E-state index is 12.1. The van der Waals surface area contributed by atoms with Crippen LogP contribution in [0, 0.1) is 6.92 Å². The van der Waals surface area contributed by atoms with Gasteiger partial charge in [-0.1, -0.05) is 61.2 Å². The Balaban J connectivity index is 0.000000113. The number of benzene rings is 4. The van der Waals surface area contributed by atoms with E-state index in [1.165, 1.54) is 44.9 Å².